The minimum atomic E-state index is -0.338. The van der Waals surface area contributed by atoms with Gasteiger partial charge in [0.05, 0.1) is 29.4 Å². The highest BCUT2D eigenvalue weighted by Crippen LogP contribution is 2.31. The third-order valence-electron chi connectivity index (χ3n) is 6.09. The molecule has 0 radical (unpaired) electrons. The van der Waals surface area contributed by atoms with Crippen molar-refractivity contribution in [2.75, 3.05) is 13.2 Å². The zero-order chi connectivity index (χ0) is 22.2. The van der Waals surface area contributed by atoms with Gasteiger partial charge in [0.25, 0.3) is 0 Å². The van der Waals surface area contributed by atoms with Gasteiger partial charge in [-0.2, -0.15) is 0 Å². The van der Waals surface area contributed by atoms with E-state index in [9.17, 15) is 9.59 Å². The summed E-state index contributed by atoms with van der Waals surface area (Å²) < 4.78 is 13.1. The third kappa shape index (κ3) is 3.62. The van der Waals surface area contributed by atoms with E-state index in [0.717, 1.165) is 11.2 Å². The first-order valence-electron chi connectivity index (χ1n) is 10.8. The van der Waals surface area contributed by atoms with Crippen molar-refractivity contribution in [1.82, 2.24) is 4.57 Å². The Morgan fingerprint density at radius 2 is 1.88 bits per heavy atom. The van der Waals surface area contributed by atoms with Crippen LogP contribution in [-0.2, 0) is 6.54 Å². The summed E-state index contributed by atoms with van der Waals surface area (Å²) in [6.45, 7) is 5.62. The predicted octanol–water partition coefficient (Wildman–Crippen LogP) is 4.04. The predicted molar refractivity (Wildman–Crippen MR) is 124 cm³/mol. The van der Waals surface area contributed by atoms with Crippen LogP contribution in [0.2, 0.25) is 0 Å². The van der Waals surface area contributed by atoms with Gasteiger partial charge < -0.3 is 14.0 Å². The highest BCUT2D eigenvalue weighted by molar-refractivity contribution is 6.10. The second-order valence-corrected chi connectivity index (χ2v) is 8.28. The van der Waals surface area contributed by atoms with Gasteiger partial charge in [0.1, 0.15) is 13.2 Å². The van der Waals surface area contributed by atoms with Gasteiger partial charge in [-0.1, -0.05) is 25.1 Å². The van der Waals surface area contributed by atoms with Crippen LogP contribution in [0.25, 0.3) is 10.9 Å². The monoisotopic (exact) mass is 428 g/mol. The summed E-state index contributed by atoms with van der Waals surface area (Å²) in [5.41, 5.74) is 1.94. The number of nitrogens with zero attached hydrogens (tertiary/aromatic N) is 2. The second kappa shape index (κ2) is 8.11. The number of carbonyl (C=O) groups is 1. The number of benzene rings is 2. The highest BCUT2D eigenvalue weighted by Gasteiger charge is 2.21. The first-order valence-corrected chi connectivity index (χ1v) is 10.8. The topological polar surface area (TPSA) is 69.9 Å². The lowest BCUT2D eigenvalue weighted by Crippen LogP contribution is -2.24. The Morgan fingerprint density at radius 3 is 2.69 bits per heavy atom. The summed E-state index contributed by atoms with van der Waals surface area (Å²) in [6.07, 6.45) is 5.84. The number of ketones is 1. The van der Waals surface area contributed by atoms with Gasteiger partial charge >= 0.3 is 0 Å². The first-order chi connectivity index (χ1) is 15.5. The number of hydrogen-bond donors (Lipinski definition) is 0. The number of dihydropyridines is 1. The Kier molecular flexibility index (Phi) is 5.13. The molecule has 162 valence electrons. The lowest BCUT2D eigenvalue weighted by molar-refractivity contribution is 0.103. The van der Waals surface area contributed by atoms with Crippen LogP contribution in [0.3, 0.4) is 0 Å². The van der Waals surface area contributed by atoms with Gasteiger partial charge in [0.2, 0.25) is 5.43 Å². The Bertz CT molecular complexity index is 1340. The number of para-hydroxylation sites is 1. The van der Waals surface area contributed by atoms with E-state index in [2.05, 4.69) is 19.9 Å². The van der Waals surface area contributed by atoms with Crippen LogP contribution in [0.4, 0.5) is 0 Å². The molecule has 0 saturated heterocycles. The molecule has 0 aliphatic carbocycles. The number of rotatable bonds is 4. The maximum Gasteiger partial charge on any atom is 0.200 e. The molecule has 6 heteroatoms. The van der Waals surface area contributed by atoms with E-state index in [1.54, 1.807) is 30.5 Å². The van der Waals surface area contributed by atoms with E-state index in [-0.39, 0.29) is 22.8 Å². The van der Waals surface area contributed by atoms with E-state index in [4.69, 9.17) is 14.5 Å². The number of ether oxygens (including phenoxy) is 2. The fourth-order valence-corrected chi connectivity index (χ4v) is 4.09. The van der Waals surface area contributed by atoms with E-state index >= 15 is 0 Å². The Labute approximate surface area is 185 Å². The lowest BCUT2D eigenvalue weighted by Gasteiger charge is -2.20. The van der Waals surface area contributed by atoms with Gasteiger partial charge in [-0.3, -0.25) is 14.6 Å². The van der Waals surface area contributed by atoms with Crippen molar-refractivity contribution < 1.29 is 14.3 Å². The van der Waals surface area contributed by atoms with E-state index in [1.807, 2.05) is 28.8 Å². The van der Waals surface area contributed by atoms with Crippen molar-refractivity contribution in [3.05, 3.63) is 82.2 Å². The molecule has 2 aromatic carbocycles. The standard InChI is InChI=1S/C26H24N2O4/c1-16-7-9-19(27-17(16)2)14-28-15-21(26(30)20-5-3-4-6-22(20)28)25(29)18-8-10-23-24(13-18)32-12-11-31-23/h3-10,13,15-17H,11-12,14H2,1-2H3. The molecule has 0 spiro atoms. The number of hydrogen-bond acceptors (Lipinski definition) is 5. The van der Waals surface area contributed by atoms with Crippen LogP contribution in [0.1, 0.15) is 29.8 Å². The SMILES string of the molecule is CC1C=CC(Cn2cc(C(=O)c3ccc4c(c3)OCCO4)c(=O)c3ccccc32)=NC1C. The maximum atomic E-state index is 13.4. The molecule has 32 heavy (non-hydrogen) atoms. The zero-order valence-electron chi connectivity index (χ0n) is 18.1. The fourth-order valence-electron chi connectivity index (χ4n) is 4.09. The molecule has 3 aromatic rings. The molecule has 2 aliphatic heterocycles. The van der Waals surface area contributed by atoms with Crippen molar-refractivity contribution >= 4 is 22.4 Å². The molecular weight excluding hydrogens is 404 g/mol. The smallest absolute Gasteiger partial charge is 0.200 e. The van der Waals surface area contributed by atoms with Crippen LogP contribution in [0.15, 0.2) is 70.6 Å². The summed E-state index contributed by atoms with van der Waals surface area (Å²) >= 11 is 0. The molecule has 0 fully saturated rings. The van der Waals surface area contributed by atoms with Gasteiger partial charge in [0.15, 0.2) is 17.3 Å². The van der Waals surface area contributed by atoms with Crippen molar-refractivity contribution in [3.63, 3.8) is 0 Å². The van der Waals surface area contributed by atoms with E-state index in [1.165, 1.54) is 0 Å². The first kappa shape index (κ1) is 20.2. The summed E-state index contributed by atoms with van der Waals surface area (Å²) in [5, 5.41) is 0.512. The number of aromatic nitrogens is 1. The van der Waals surface area contributed by atoms with Crippen molar-refractivity contribution in [3.8, 4) is 11.5 Å². The highest BCUT2D eigenvalue weighted by atomic mass is 16.6. The quantitative estimate of drug-likeness (QED) is 0.588. The largest absolute Gasteiger partial charge is 0.486 e. The molecule has 0 amide bonds. The summed E-state index contributed by atoms with van der Waals surface area (Å²) in [4.78, 5) is 31.4. The molecule has 0 saturated carbocycles. The van der Waals surface area contributed by atoms with Crippen molar-refractivity contribution in [2.45, 2.75) is 26.4 Å². The van der Waals surface area contributed by atoms with Crippen LogP contribution in [-0.4, -0.2) is 35.3 Å². The third-order valence-corrected chi connectivity index (χ3v) is 6.09. The number of aliphatic imine (C=N–C) groups is 1. The normalized spacial score (nSPS) is 19.6. The van der Waals surface area contributed by atoms with Crippen LogP contribution in [0.5, 0.6) is 11.5 Å². The molecule has 0 bridgehead atoms. The molecule has 2 unspecified atom stereocenters. The molecule has 2 aliphatic rings. The number of carbonyl (C=O) groups excluding carboxylic acids is 1. The average Bonchev–Trinajstić information content (AvgIpc) is 2.82. The average molecular weight is 428 g/mol. The van der Waals surface area contributed by atoms with Crippen LogP contribution in [0, 0.1) is 5.92 Å². The van der Waals surface area contributed by atoms with Gasteiger partial charge in [0, 0.05) is 17.1 Å². The van der Waals surface area contributed by atoms with E-state index < -0.39 is 0 Å². The van der Waals surface area contributed by atoms with Crippen LogP contribution >= 0.6 is 0 Å². The van der Waals surface area contributed by atoms with Gasteiger partial charge in [-0.25, -0.2) is 0 Å². The number of pyridine rings is 1. The minimum absolute atomic E-state index is 0.127. The zero-order valence-corrected chi connectivity index (χ0v) is 18.1. The number of allylic oxidation sites excluding steroid dienone is 1. The van der Waals surface area contributed by atoms with Gasteiger partial charge in [-0.05, 0) is 49.2 Å². The molecule has 2 atom stereocenters. The lowest BCUT2D eigenvalue weighted by atomic mass is 9.99. The molecule has 0 N–H and O–H groups in total. The Hall–Kier alpha value is -3.67. The Morgan fingerprint density at radius 1 is 1.09 bits per heavy atom. The molecular formula is C26H24N2O4. The summed E-state index contributed by atoms with van der Waals surface area (Å²) in [5.74, 6) is 1.17. The fraction of sp³-hybridized carbons (Fsp3) is 0.269. The Balaban J connectivity index is 1.59. The van der Waals surface area contributed by atoms with Crippen LogP contribution < -0.4 is 14.9 Å². The van der Waals surface area contributed by atoms with E-state index in [0.29, 0.717) is 48.1 Å². The molecule has 6 nitrogen and oxygen atoms in total. The molecule has 3 heterocycles. The summed E-state index contributed by atoms with van der Waals surface area (Å²) in [7, 11) is 0. The van der Waals surface area contributed by atoms with Crippen molar-refractivity contribution in [2.24, 2.45) is 10.9 Å². The van der Waals surface area contributed by atoms with Crippen molar-refractivity contribution in [1.29, 1.82) is 0 Å². The molecule has 1 aromatic heterocycles. The van der Waals surface area contributed by atoms with Gasteiger partial charge in [-0.15, -0.1) is 0 Å². The minimum Gasteiger partial charge on any atom is -0.486 e. The number of fused-ring (bicyclic) bond motifs is 2. The summed E-state index contributed by atoms with van der Waals surface area (Å²) in [6, 6.07) is 12.6. The molecule has 5 rings (SSSR count). The maximum absolute atomic E-state index is 13.4. The second-order valence-electron chi connectivity index (χ2n) is 8.28.